The molecule has 1 amide bonds. The summed E-state index contributed by atoms with van der Waals surface area (Å²) in [4.78, 5) is 17.7. The van der Waals surface area contributed by atoms with E-state index in [9.17, 15) is 4.79 Å². The molecule has 1 aliphatic rings. The van der Waals surface area contributed by atoms with E-state index in [-0.39, 0.29) is 11.9 Å². The zero-order valence-corrected chi connectivity index (χ0v) is 14.9. The molecule has 1 aromatic carbocycles. The SMILES string of the molecule is COC(CN(C(C)=O)[C@H]1CCCc2c1[nH]c1ccc(C)cc21)OC. The summed E-state index contributed by atoms with van der Waals surface area (Å²) < 4.78 is 10.6. The Kier molecular flexibility index (Phi) is 4.92. The van der Waals surface area contributed by atoms with Gasteiger partial charge in [-0.2, -0.15) is 0 Å². The number of benzene rings is 1. The number of hydrogen-bond donors (Lipinski definition) is 1. The Bertz CT molecular complexity index is 734. The molecular formula is C19H26N2O3. The summed E-state index contributed by atoms with van der Waals surface area (Å²) in [5, 5.41) is 1.29. The van der Waals surface area contributed by atoms with E-state index < -0.39 is 6.29 Å². The molecule has 1 atom stereocenters. The number of aryl methyl sites for hydroxylation is 2. The highest BCUT2D eigenvalue weighted by molar-refractivity contribution is 5.86. The van der Waals surface area contributed by atoms with Gasteiger partial charge in [0.05, 0.1) is 12.6 Å². The highest BCUT2D eigenvalue weighted by Gasteiger charge is 2.31. The van der Waals surface area contributed by atoms with E-state index in [2.05, 4.69) is 30.1 Å². The fourth-order valence-electron chi connectivity index (χ4n) is 3.75. The van der Waals surface area contributed by atoms with Crippen LogP contribution in [0.25, 0.3) is 10.9 Å². The summed E-state index contributed by atoms with van der Waals surface area (Å²) >= 11 is 0. The number of carbonyl (C=O) groups is 1. The molecule has 1 heterocycles. The lowest BCUT2D eigenvalue weighted by Gasteiger charge is -2.35. The van der Waals surface area contributed by atoms with Crippen molar-refractivity contribution in [3.63, 3.8) is 0 Å². The summed E-state index contributed by atoms with van der Waals surface area (Å²) in [6.45, 7) is 4.16. The number of methoxy groups -OCH3 is 2. The van der Waals surface area contributed by atoms with E-state index in [1.54, 1.807) is 21.1 Å². The lowest BCUT2D eigenvalue weighted by atomic mass is 9.90. The highest BCUT2D eigenvalue weighted by Crippen LogP contribution is 2.38. The van der Waals surface area contributed by atoms with E-state index in [1.165, 1.54) is 22.2 Å². The molecule has 0 bridgehead atoms. The van der Waals surface area contributed by atoms with Crippen LogP contribution in [-0.2, 0) is 20.7 Å². The van der Waals surface area contributed by atoms with Gasteiger partial charge in [0.1, 0.15) is 0 Å². The quantitative estimate of drug-likeness (QED) is 0.856. The van der Waals surface area contributed by atoms with Crippen molar-refractivity contribution in [2.75, 3.05) is 20.8 Å². The van der Waals surface area contributed by atoms with Crippen LogP contribution in [0.4, 0.5) is 0 Å². The number of hydrogen-bond acceptors (Lipinski definition) is 3. The Morgan fingerprint density at radius 1 is 1.38 bits per heavy atom. The fraction of sp³-hybridized carbons (Fsp3) is 0.526. The maximum Gasteiger partial charge on any atom is 0.220 e. The van der Waals surface area contributed by atoms with Crippen molar-refractivity contribution in [3.05, 3.63) is 35.0 Å². The monoisotopic (exact) mass is 330 g/mol. The molecule has 1 N–H and O–H groups in total. The van der Waals surface area contributed by atoms with Crippen LogP contribution in [0.1, 0.15) is 42.6 Å². The van der Waals surface area contributed by atoms with E-state index in [0.29, 0.717) is 6.54 Å². The third kappa shape index (κ3) is 3.06. The normalized spacial score (nSPS) is 17.3. The summed E-state index contributed by atoms with van der Waals surface area (Å²) in [5.41, 5.74) is 4.93. The minimum Gasteiger partial charge on any atom is -0.356 e. The van der Waals surface area contributed by atoms with Gasteiger partial charge in [-0.3, -0.25) is 4.79 Å². The van der Waals surface area contributed by atoms with Crippen molar-refractivity contribution in [2.24, 2.45) is 0 Å². The number of H-pyrrole nitrogens is 1. The Balaban J connectivity index is 2.00. The predicted molar refractivity (Wildman–Crippen MR) is 93.9 cm³/mol. The van der Waals surface area contributed by atoms with Gasteiger partial charge in [0.2, 0.25) is 5.91 Å². The molecule has 5 heteroatoms. The average Bonchev–Trinajstić information content (AvgIpc) is 2.94. The van der Waals surface area contributed by atoms with Crippen molar-refractivity contribution in [1.29, 1.82) is 0 Å². The molecule has 5 nitrogen and oxygen atoms in total. The number of ether oxygens (including phenoxy) is 2. The van der Waals surface area contributed by atoms with Gasteiger partial charge in [0.25, 0.3) is 0 Å². The van der Waals surface area contributed by atoms with Gasteiger partial charge in [-0.15, -0.1) is 0 Å². The van der Waals surface area contributed by atoms with Crippen molar-refractivity contribution in [1.82, 2.24) is 9.88 Å². The maximum absolute atomic E-state index is 12.3. The van der Waals surface area contributed by atoms with Gasteiger partial charge < -0.3 is 19.4 Å². The Hall–Kier alpha value is -1.85. The van der Waals surface area contributed by atoms with Crippen LogP contribution < -0.4 is 0 Å². The molecule has 24 heavy (non-hydrogen) atoms. The summed E-state index contributed by atoms with van der Waals surface area (Å²) in [6.07, 6.45) is 2.68. The van der Waals surface area contributed by atoms with Gasteiger partial charge in [-0.1, -0.05) is 11.6 Å². The zero-order chi connectivity index (χ0) is 17.3. The molecule has 0 radical (unpaired) electrons. The molecule has 0 fully saturated rings. The van der Waals surface area contributed by atoms with Crippen molar-refractivity contribution >= 4 is 16.8 Å². The Labute approximate surface area is 142 Å². The number of fused-ring (bicyclic) bond motifs is 3. The number of aromatic nitrogens is 1. The standard InChI is InChI=1S/C19H26N2O3/c1-12-8-9-16-15(10-12)14-6-5-7-17(19(14)20-16)21(13(2)22)11-18(23-3)24-4/h8-10,17-18,20H,5-7,11H2,1-4H3/t17-/m0/s1. The Morgan fingerprint density at radius 3 is 2.79 bits per heavy atom. The topological polar surface area (TPSA) is 54.6 Å². The summed E-state index contributed by atoms with van der Waals surface area (Å²) in [6, 6.07) is 6.53. The smallest absolute Gasteiger partial charge is 0.220 e. The number of nitrogens with one attached hydrogen (secondary N) is 1. The first-order chi connectivity index (χ1) is 11.5. The van der Waals surface area contributed by atoms with Gasteiger partial charge >= 0.3 is 0 Å². The molecular weight excluding hydrogens is 304 g/mol. The van der Waals surface area contributed by atoms with Crippen LogP contribution >= 0.6 is 0 Å². The fourth-order valence-corrected chi connectivity index (χ4v) is 3.75. The van der Waals surface area contributed by atoms with Crippen LogP contribution in [0.2, 0.25) is 0 Å². The van der Waals surface area contributed by atoms with E-state index in [1.807, 2.05) is 4.90 Å². The lowest BCUT2D eigenvalue weighted by molar-refractivity contribution is -0.148. The second-order valence-electron chi connectivity index (χ2n) is 6.55. The molecule has 0 unspecified atom stereocenters. The third-order valence-corrected chi connectivity index (χ3v) is 4.98. The molecule has 1 aromatic heterocycles. The molecule has 0 aliphatic heterocycles. The number of aromatic amines is 1. The van der Waals surface area contributed by atoms with Gasteiger partial charge in [0.15, 0.2) is 6.29 Å². The number of nitrogens with zero attached hydrogens (tertiary/aromatic N) is 1. The predicted octanol–water partition coefficient (Wildman–Crippen LogP) is 3.32. The summed E-state index contributed by atoms with van der Waals surface area (Å²) in [5.74, 6) is 0.0433. The second kappa shape index (κ2) is 6.95. The van der Waals surface area contributed by atoms with E-state index in [4.69, 9.17) is 9.47 Å². The highest BCUT2D eigenvalue weighted by atomic mass is 16.7. The van der Waals surface area contributed by atoms with Crippen molar-refractivity contribution < 1.29 is 14.3 Å². The molecule has 2 aromatic rings. The first-order valence-corrected chi connectivity index (χ1v) is 8.49. The van der Waals surface area contributed by atoms with Crippen LogP contribution in [0, 0.1) is 6.92 Å². The third-order valence-electron chi connectivity index (χ3n) is 4.98. The molecule has 0 spiro atoms. The molecule has 0 saturated carbocycles. The van der Waals surface area contributed by atoms with E-state index in [0.717, 1.165) is 24.8 Å². The van der Waals surface area contributed by atoms with Gasteiger partial charge in [-0.05, 0) is 43.9 Å². The average molecular weight is 330 g/mol. The number of carbonyl (C=O) groups excluding carboxylic acids is 1. The minimum absolute atomic E-state index is 0.0433. The van der Waals surface area contributed by atoms with Gasteiger partial charge in [0, 0.05) is 37.7 Å². The van der Waals surface area contributed by atoms with E-state index >= 15 is 0 Å². The first kappa shape index (κ1) is 17.0. The van der Waals surface area contributed by atoms with Crippen LogP contribution in [0.3, 0.4) is 0 Å². The molecule has 130 valence electrons. The Morgan fingerprint density at radius 2 is 2.12 bits per heavy atom. The molecule has 3 rings (SSSR count). The number of rotatable bonds is 5. The number of amides is 1. The van der Waals surface area contributed by atoms with Crippen molar-refractivity contribution in [3.8, 4) is 0 Å². The summed E-state index contributed by atoms with van der Waals surface area (Å²) in [7, 11) is 3.20. The lowest BCUT2D eigenvalue weighted by Crippen LogP contribution is -2.41. The zero-order valence-electron chi connectivity index (χ0n) is 14.9. The van der Waals surface area contributed by atoms with Crippen LogP contribution in [0.15, 0.2) is 18.2 Å². The van der Waals surface area contributed by atoms with Crippen molar-refractivity contribution in [2.45, 2.75) is 45.4 Å². The molecule has 1 aliphatic carbocycles. The largest absolute Gasteiger partial charge is 0.356 e. The van der Waals surface area contributed by atoms with Crippen LogP contribution in [0.5, 0.6) is 0 Å². The maximum atomic E-state index is 12.3. The minimum atomic E-state index is -0.411. The second-order valence-corrected chi connectivity index (χ2v) is 6.55. The van der Waals surface area contributed by atoms with Crippen LogP contribution in [-0.4, -0.2) is 42.8 Å². The van der Waals surface area contributed by atoms with Gasteiger partial charge in [-0.25, -0.2) is 0 Å². The first-order valence-electron chi connectivity index (χ1n) is 8.49. The molecule has 0 saturated heterocycles.